The number of H-pyrrole nitrogens is 1. The van der Waals surface area contributed by atoms with E-state index in [2.05, 4.69) is 15.0 Å². The lowest BCUT2D eigenvalue weighted by atomic mass is 10.1. The number of aromatic nitrogens is 3. The van der Waals surface area contributed by atoms with Crippen LogP contribution in [0.2, 0.25) is 0 Å². The molecule has 4 aromatic rings. The van der Waals surface area contributed by atoms with Gasteiger partial charge in [-0.1, -0.05) is 42.5 Å². The Balaban J connectivity index is 1.63. The maximum absolute atomic E-state index is 12.1. The van der Waals surface area contributed by atoms with Crippen LogP contribution >= 0.6 is 0 Å². The van der Waals surface area contributed by atoms with Gasteiger partial charge in [0.05, 0.1) is 16.6 Å². The van der Waals surface area contributed by atoms with E-state index in [1.807, 2.05) is 60.7 Å². The van der Waals surface area contributed by atoms with Crippen molar-refractivity contribution in [1.82, 2.24) is 15.0 Å². The first-order valence-corrected chi connectivity index (χ1v) is 7.78. The van der Waals surface area contributed by atoms with Crippen molar-refractivity contribution in [2.24, 2.45) is 0 Å². The second-order valence-electron chi connectivity index (χ2n) is 5.62. The number of hydrogen-bond donors (Lipinski definition) is 1. The third-order valence-electron chi connectivity index (χ3n) is 3.95. The first-order valence-electron chi connectivity index (χ1n) is 7.78. The molecule has 0 unspecified atom stereocenters. The fraction of sp³-hybridized carbons (Fsp3) is 0.0500. The number of aromatic amines is 1. The Morgan fingerprint density at radius 2 is 1.67 bits per heavy atom. The van der Waals surface area contributed by atoms with Gasteiger partial charge in [-0.05, 0) is 29.8 Å². The fourth-order valence-corrected chi connectivity index (χ4v) is 2.74. The number of hydrogen-bond acceptors (Lipinski definition) is 3. The lowest BCUT2D eigenvalue weighted by molar-refractivity contribution is 0.973. The van der Waals surface area contributed by atoms with Gasteiger partial charge in [0.1, 0.15) is 5.82 Å². The molecule has 2 aromatic carbocycles. The second-order valence-corrected chi connectivity index (χ2v) is 5.62. The van der Waals surface area contributed by atoms with Crippen LogP contribution in [0.3, 0.4) is 0 Å². The lowest BCUT2D eigenvalue weighted by Crippen LogP contribution is -2.12. The Labute approximate surface area is 138 Å². The van der Waals surface area contributed by atoms with E-state index in [1.165, 1.54) is 0 Å². The maximum Gasteiger partial charge on any atom is 0.258 e. The molecule has 0 saturated carbocycles. The molecule has 4 heteroatoms. The van der Waals surface area contributed by atoms with Crippen molar-refractivity contribution in [2.75, 3.05) is 0 Å². The molecular weight excluding hydrogens is 298 g/mol. The van der Waals surface area contributed by atoms with E-state index in [-0.39, 0.29) is 5.56 Å². The predicted octanol–water partition coefficient (Wildman–Crippen LogP) is 3.58. The first kappa shape index (κ1) is 14.3. The Morgan fingerprint density at radius 3 is 2.46 bits per heavy atom. The molecule has 4 nitrogen and oxygen atoms in total. The molecule has 0 spiro atoms. The van der Waals surface area contributed by atoms with Crippen molar-refractivity contribution in [3.05, 3.63) is 94.7 Å². The van der Waals surface area contributed by atoms with E-state index < -0.39 is 0 Å². The van der Waals surface area contributed by atoms with Gasteiger partial charge < -0.3 is 4.98 Å². The normalized spacial score (nSPS) is 10.8. The van der Waals surface area contributed by atoms with E-state index in [9.17, 15) is 4.79 Å². The summed E-state index contributed by atoms with van der Waals surface area (Å²) in [5.41, 5.74) is 3.73. The third kappa shape index (κ3) is 2.82. The monoisotopic (exact) mass is 313 g/mol. The molecule has 0 atom stereocenters. The van der Waals surface area contributed by atoms with Crippen LogP contribution in [0.1, 0.15) is 11.4 Å². The van der Waals surface area contributed by atoms with Gasteiger partial charge in [-0.3, -0.25) is 9.78 Å². The summed E-state index contributed by atoms with van der Waals surface area (Å²) in [7, 11) is 0. The molecule has 0 fully saturated rings. The van der Waals surface area contributed by atoms with Gasteiger partial charge in [0.25, 0.3) is 5.56 Å². The van der Waals surface area contributed by atoms with Crippen molar-refractivity contribution < 1.29 is 0 Å². The summed E-state index contributed by atoms with van der Waals surface area (Å²) in [6.45, 7) is 0. The van der Waals surface area contributed by atoms with E-state index in [4.69, 9.17) is 0 Å². The summed E-state index contributed by atoms with van der Waals surface area (Å²) in [6.07, 6.45) is 2.37. The Kier molecular flexibility index (Phi) is 3.63. The molecule has 0 radical (unpaired) electrons. The summed E-state index contributed by atoms with van der Waals surface area (Å²) in [6, 6.07) is 21.4. The Morgan fingerprint density at radius 1 is 0.875 bits per heavy atom. The van der Waals surface area contributed by atoms with Gasteiger partial charge in [-0.15, -0.1) is 0 Å². The van der Waals surface area contributed by atoms with Gasteiger partial charge in [0.2, 0.25) is 0 Å². The highest BCUT2D eigenvalue weighted by atomic mass is 16.1. The van der Waals surface area contributed by atoms with Gasteiger partial charge in [0.15, 0.2) is 0 Å². The zero-order chi connectivity index (χ0) is 16.4. The van der Waals surface area contributed by atoms with E-state index >= 15 is 0 Å². The van der Waals surface area contributed by atoms with Gasteiger partial charge in [-0.2, -0.15) is 0 Å². The van der Waals surface area contributed by atoms with Crippen LogP contribution in [0.25, 0.3) is 22.2 Å². The topological polar surface area (TPSA) is 58.6 Å². The molecule has 2 heterocycles. The van der Waals surface area contributed by atoms with Gasteiger partial charge >= 0.3 is 0 Å². The summed E-state index contributed by atoms with van der Waals surface area (Å²) in [4.78, 5) is 23.9. The van der Waals surface area contributed by atoms with Crippen molar-refractivity contribution >= 4 is 10.9 Å². The molecule has 4 rings (SSSR count). The van der Waals surface area contributed by atoms with Crippen molar-refractivity contribution in [1.29, 1.82) is 0 Å². The molecule has 0 aliphatic rings. The van der Waals surface area contributed by atoms with E-state index in [0.717, 1.165) is 22.3 Å². The molecule has 0 aliphatic heterocycles. The maximum atomic E-state index is 12.1. The van der Waals surface area contributed by atoms with Crippen molar-refractivity contribution in [3.63, 3.8) is 0 Å². The van der Waals surface area contributed by atoms with Crippen LogP contribution < -0.4 is 5.56 Å². The average Bonchev–Trinajstić information content (AvgIpc) is 2.63. The standard InChI is InChI=1S/C20H15N3O/c24-20-16-5-1-2-7-18(16)22-19(23-20)13-14-8-10-15(11-9-14)17-6-3-4-12-21-17/h1-12H,13H2,(H,22,23,24). The minimum absolute atomic E-state index is 0.0966. The van der Waals surface area contributed by atoms with Crippen molar-refractivity contribution in [3.8, 4) is 11.3 Å². The third-order valence-corrected chi connectivity index (χ3v) is 3.95. The number of pyridine rings is 1. The quantitative estimate of drug-likeness (QED) is 0.629. The average molecular weight is 313 g/mol. The van der Waals surface area contributed by atoms with E-state index in [0.29, 0.717) is 17.6 Å². The second kappa shape index (κ2) is 6.08. The number of para-hydroxylation sites is 1. The lowest BCUT2D eigenvalue weighted by Gasteiger charge is -2.05. The van der Waals surface area contributed by atoms with Crippen LogP contribution in [0, 0.1) is 0 Å². The van der Waals surface area contributed by atoms with Crippen molar-refractivity contribution in [2.45, 2.75) is 6.42 Å². The Hall–Kier alpha value is -3.27. The number of rotatable bonds is 3. The molecule has 1 N–H and O–H groups in total. The number of nitrogens with one attached hydrogen (secondary N) is 1. The van der Waals surface area contributed by atoms with Gasteiger partial charge in [0, 0.05) is 18.2 Å². The van der Waals surface area contributed by atoms with Crippen LogP contribution in [-0.2, 0) is 6.42 Å². The van der Waals surface area contributed by atoms with Crippen LogP contribution in [0.5, 0.6) is 0 Å². The molecule has 0 saturated heterocycles. The molecule has 0 aliphatic carbocycles. The van der Waals surface area contributed by atoms with Crippen LogP contribution in [-0.4, -0.2) is 15.0 Å². The molecule has 0 amide bonds. The highest BCUT2D eigenvalue weighted by Gasteiger charge is 2.05. The largest absolute Gasteiger partial charge is 0.310 e. The number of fused-ring (bicyclic) bond motifs is 1. The highest BCUT2D eigenvalue weighted by molar-refractivity contribution is 5.77. The number of benzene rings is 2. The molecule has 0 bridgehead atoms. The van der Waals surface area contributed by atoms with Crippen LogP contribution in [0.15, 0.2) is 77.7 Å². The fourth-order valence-electron chi connectivity index (χ4n) is 2.74. The summed E-state index contributed by atoms with van der Waals surface area (Å²) in [5, 5.41) is 0.617. The smallest absolute Gasteiger partial charge is 0.258 e. The minimum atomic E-state index is -0.0966. The van der Waals surface area contributed by atoms with Gasteiger partial charge in [-0.25, -0.2) is 4.98 Å². The SMILES string of the molecule is O=c1[nH]c(Cc2ccc(-c3ccccn3)cc2)nc2ccccc12. The molecular formula is C20H15N3O. The zero-order valence-electron chi connectivity index (χ0n) is 12.9. The van der Waals surface area contributed by atoms with E-state index in [1.54, 1.807) is 12.3 Å². The highest BCUT2D eigenvalue weighted by Crippen LogP contribution is 2.18. The summed E-state index contributed by atoms with van der Waals surface area (Å²) in [5.74, 6) is 0.671. The number of nitrogens with zero attached hydrogens (tertiary/aromatic N) is 2. The van der Waals surface area contributed by atoms with Crippen LogP contribution in [0.4, 0.5) is 0 Å². The Bertz CT molecular complexity index is 1040. The summed E-state index contributed by atoms with van der Waals surface area (Å²) < 4.78 is 0. The summed E-state index contributed by atoms with van der Waals surface area (Å²) >= 11 is 0. The first-order chi connectivity index (χ1) is 11.8. The predicted molar refractivity (Wildman–Crippen MR) is 94.8 cm³/mol. The minimum Gasteiger partial charge on any atom is -0.310 e. The zero-order valence-corrected chi connectivity index (χ0v) is 12.9. The molecule has 2 aromatic heterocycles. The molecule has 116 valence electrons. The molecule has 24 heavy (non-hydrogen) atoms.